The Morgan fingerprint density at radius 2 is 1.07 bits per heavy atom. The molecular formula is C16H35NNa2O6P2. The average molecular weight is 445 g/mol. The molecule has 0 spiro atoms. The third-order valence-corrected chi connectivity index (χ3v) is 5.60. The van der Waals surface area contributed by atoms with Crippen LogP contribution >= 0.6 is 15.2 Å². The number of hydrogen-bond donors (Lipinski definition) is 2. The summed E-state index contributed by atoms with van der Waals surface area (Å²) in [4.78, 5) is 40.6. The number of unbranched alkanes of at least 4 members (excludes halogenated alkanes) is 11. The van der Waals surface area contributed by atoms with Gasteiger partial charge in [0, 0.05) is 6.29 Å². The predicted octanol–water partition coefficient (Wildman–Crippen LogP) is -3.00. The minimum atomic E-state index is -4.81. The summed E-state index contributed by atoms with van der Waals surface area (Å²) < 4.78 is 21.8. The Labute approximate surface area is 209 Å². The molecule has 0 fully saturated rings. The van der Waals surface area contributed by atoms with Gasteiger partial charge in [0.15, 0.2) is 0 Å². The van der Waals surface area contributed by atoms with E-state index in [2.05, 4.69) is 6.92 Å². The van der Waals surface area contributed by atoms with E-state index in [0.29, 0.717) is 6.42 Å². The molecule has 0 unspecified atom stereocenters. The van der Waals surface area contributed by atoms with Crippen LogP contribution in [0.4, 0.5) is 0 Å². The zero-order chi connectivity index (χ0) is 19.2. The minimum Gasteiger partial charge on any atom is -0.810 e. The van der Waals surface area contributed by atoms with Crippen molar-refractivity contribution in [1.29, 1.82) is 0 Å². The van der Waals surface area contributed by atoms with Gasteiger partial charge in [0.05, 0.1) is 0 Å². The van der Waals surface area contributed by atoms with E-state index in [9.17, 15) is 18.9 Å². The van der Waals surface area contributed by atoms with Crippen molar-refractivity contribution in [2.75, 3.05) is 19.1 Å². The van der Waals surface area contributed by atoms with Crippen LogP contribution in [0.1, 0.15) is 84.0 Å². The maximum absolute atomic E-state index is 11.0. The quantitative estimate of drug-likeness (QED) is 0.139. The van der Waals surface area contributed by atoms with Gasteiger partial charge in [-0.1, -0.05) is 85.1 Å². The van der Waals surface area contributed by atoms with Crippen LogP contribution in [0.25, 0.3) is 0 Å². The van der Waals surface area contributed by atoms with Crippen LogP contribution < -0.4 is 68.9 Å². The number of rotatable bonds is 17. The summed E-state index contributed by atoms with van der Waals surface area (Å²) in [6.45, 7) is 2.43. The normalized spacial score (nSPS) is 11.9. The molecule has 0 aromatic rings. The molecular weight excluding hydrogens is 410 g/mol. The first-order valence-electron chi connectivity index (χ1n) is 9.42. The van der Waals surface area contributed by atoms with Crippen molar-refractivity contribution >= 4 is 15.2 Å². The van der Waals surface area contributed by atoms with Crippen LogP contribution in [0.15, 0.2) is 0 Å². The molecule has 0 aromatic carbocycles. The zero-order valence-electron chi connectivity index (χ0n) is 17.5. The first-order chi connectivity index (χ1) is 11.6. The maximum Gasteiger partial charge on any atom is 1.00 e. The molecule has 0 bridgehead atoms. The number of hydrogen-bond acceptors (Lipinski definition) is 5. The van der Waals surface area contributed by atoms with Crippen LogP contribution in [-0.4, -0.2) is 33.8 Å². The molecule has 0 atom stereocenters. The summed E-state index contributed by atoms with van der Waals surface area (Å²) in [6, 6.07) is 0. The fourth-order valence-electron chi connectivity index (χ4n) is 2.87. The molecule has 0 aliphatic heterocycles. The van der Waals surface area contributed by atoms with Gasteiger partial charge in [-0.15, -0.1) is 0 Å². The van der Waals surface area contributed by atoms with Gasteiger partial charge in [-0.3, -0.25) is 9.46 Å². The Kier molecular flexibility index (Phi) is 25.3. The van der Waals surface area contributed by atoms with E-state index in [0.717, 1.165) is 24.2 Å². The van der Waals surface area contributed by atoms with Gasteiger partial charge in [0.25, 0.3) is 0 Å². The van der Waals surface area contributed by atoms with Crippen LogP contribution in [0.2, 0.25) is 0 Å². The second kappa shape index (κ2) is 20.2. The smallest absolute Gasteiger partial charge is 0.810 e. The van der Waals surface area contributed by atoms with Crippen molar-refractivity contribution in [3.8, 4) is 0 Å². The fourth-order valence-corrected chi connectivity index (χ4v) is 4.52. The molecule has 2 N–H and O–H groups in total. The van der Waals surface area contributed by atoms with Crippen molar-refractivity contribution in [2.24, 2.45) is 0 Å². The molecule has 11 heteroatoms. The SMILES string of the molecule is CCCCCCCCCCCCCCN(CP(=O)([O-])[O-])CP(=O)(O)O.[Na+].[Na+]. The van der Waals surface area contributed by atoms with Crippen molar-refractivity contribution in [3.63, 3.8) is 0 Å². The number of nitrogens with zero attached hydrogens (tertiary/aromatic N) is 1. The van der Waals surface area contributed by atoms with E-state index in [1.54, 1.807) is 0 Å². The van der Waals surface area contributed by atoms with E-state index >= 15 is 0 Å². The predicted molar refractivity (Wildman–Crippen MR) is 97.2 cm³/mol. The van der Waals surface area contributed by atoms with Gasteiger partial charge >= 0.3 is 66.7 Å². The molecule has 0 aliphatic rings. The van der Waals surface area contributed by atoms with Gasteiger partial charge in [0.1, 0.15) is 6.29 Å². The Morgan fingerprint density at radius 1 is 0.704 bits per heavy atom. The van der Waals surface area contributed by atoms with Crippen LogP contribution in [0.3, 0.4) is 0 Å². The zero-order valence-corrected chi connectivity index (χ0v) is 23.3. The Bertz CT molecular complexity index is 396. The third kappa shape index (κ3) is 28.3. The minimum absolute atomic E-state index is 0. The van der Waals surface area contributed by atoms with Gasteiger partial charge in [0.2, 0.25) is 0 Å². The van der Waals surface area contributed by atoms with Crippen molar-refractivity contribution in [3.05, 3.63) is 0 Å². The molecule has 27 heavy (non-hydrogen) atoms. The van der Waals surface area contributed by atoms with E-state index in [-0.39, 0.29) is 65.7 Å². The van der Waals surface area contributed by atoms with Crippen LogP contribution in [0.5, 0.6) is 0 Å². The average Bonchev–Trinajstić information content (AvgIpc) is 2.45. The summed E-state index contributed by atoms with van der Waals surface area (Å²) in [5.74, 6) is 0. The van der Waals surface area contributed by atoms with Crippen molar-refractivity contribution in [2.45, 2.75) is 84.0 Å². The first kappa shape index (κ1) is 33.9. The van der Waals surface area contributed by atoms with E-state index in [4.69, 9.17) is 9.79 Å². The van der Waals surface area contributed by atoms with Crippen LogP contribution in [0, 0.1) is 0 Å². The molecule has 0 heterocycles. The van der Waals surface area contributed by atoms with E-state index < -0.39 is 27.8 Å². The van der Waals surface area contributed by atoms with Gasteiger partial charge in [-0.25, -0.2) is 0 Å². The molecule has 0 aromatic heterocycles. The van der Waals surface area contributed by atoms with Crippen molar-refractivity contribution in [1.82, 2.24) is 4.90 Å². The Hall–Kier alpha value is 2.26. The summed E-state index contributed by atoms with van der Waals surface area (Å²) in [6.07, 6.45) is 12.4. The molecule has 0 radical (unpaired) electrons. The maximum atomic E-state index is 11.0. The summed E-state index contributed by atoms with van der Waals surface area (Å²) in [5.41, 5.74) is 0. The van der Waals surface area contributed by atoms with Gasteiger partial charge in [-0.2, -0.15) is 0 Å². The van der Waals surface area contributed by atoms with E-state index in [1.165, 1.54) is 51.4 Å². The molecule has 0 saturated carbocycles. The van der Waals surface area contributed by atoms with Gasteiger partial charge < -0.3 is 24.1 Å². The first-order valence-corrected chi connectivity index (χ1v) is 12.9. The molecule has 0 aliphatic carbocycles. The largest absolute Gasteiger partial charge is 1.00 e. The molecule has 7 nitrogen and oxygen atoms in total. The molecule has 0 amide bonds. The Balaban J connectivity index is -0.00000288. The van der Waals surface area contributed by atoms with Crippen LogP contribution in [-0.2, 0) is 9.13 Å². The second-order valence-corrected chi connectivity index (χ2v) is 9.96. The summed E-state index contributed by atoms with van der Waals surface area (Å²) in [5, 5.41) is 0. The Morgan fingerprint density at radius 3 is 1.41 bits per heavy atom. The van der Waals surface area contributed by atoms with Crippen molar-refractivity contribution < 1.29 is 87.8 Å². The fraction of sp³-hybridized carbons (Fsp3) is 1.00. The molecule has 152 valence electrons. The third-order valence-electron chi connectivity index (χ3n) is 4.09. The van der Waals surface area contributed by atoms with E-state index in [1.807, 2.05) is 0 Å². The monoisotopic (exact) mass is 445 g/mol. The summed E-state index contributed by atoms with van der Waals surface area (Å²) >= 11 is 0. The topological polar surface area (TPSA) is 124 Å². The summed E-state index contributed by atoms with van der Waals surface area (Å²) in [7, 11) is -9.18. The molecule has 0 rings (SSSR count). The molecule has 0 saturated heterocycles. The standard InChI is InChI=1S/C16H37NO6P2.2Na/c1-2-3-4-5-6-7-8-9-10-11-12-13-14-17(15-24(18,19)20)16-25(21,22)23;;/h2-16H2,1H3,(H2,18,19,20)(H2,21,22,23);;/q;2*+1/p-2. The van der Waals surface area contributed by atoms with Gasteiger partial charge in [-0.05, 0) is 13.0 Å². The second-order valence-electron chi connectivity index (χ2n) is 6.84.